The van der Waals surface area contributed by atoms with Gasteiger partial charge < -0.3 is 15.5 Å². The fourth-order valence-corrected chi connectivity index (χ4v) is 3.69. The number of nitrogens with zero attached hydrogens (tertiary/aromatic N) is 1. The first-order valence-electron chi connectivity index (χ1n) is 6.73. The molecule has 2 fully saturated rings. The highest BCUT2D eigenvalue weighted by atomic mass is 35.5. The number of benzene rings is 1. The summed E-state index contributed by atoms with van der Waals surface area (Å²) in [7, 11) is 0. The van der Waals surface area contributed by atoms with Gasteiger partial charge in [-0.25, -0.2) is 4.98 Å². The highest BCUT2D eigenvalue weighted by Gasteiger charge is 2.49. The molecule has 2 heterocycles. The van der Waals surface area contributed by atoms with Crippen molar-refractivity contribution in [3.05, 3.63) is 28.6 Å². The molecule has 4 rings (SSSR count). The van der Waals surface area contributed by atoms with Gasteiger partial charge in [0.15, 0.2) is 5.58 Å². The smallest absolute Gasteiger partial charge is 0.252 e. The van der Waals surface area contributed by atoms with Crippen molar-refractivity contribution < 1.29 is 9.21 Å². The Kier molecular flexibility index (Phi) is 2.41. The normalized spacial score (nSPS) is 28.4. The van der Waals surface area contributed by atoms with Gasteiger partial charge in [-0.05, 0) is 43.9 Å². The Morgan fingerprint density at radius 3 is 3.00 bits per heavy atom. The average Bonchev–Trinajstić information content (AvgIpc) is 3.10. The summed E-state index contributed by atoms with van der Waals surface area (Å²) in [6.07, 6.45) is 3.25. The molecule has 1 aromatic heterocycles. The number of fused-ring (bicyclic) bond motifs is 3. The topological polar surface area (TPSA) is 81.2 Å². The van der Waals surface area contributed by atoms with Crippen molar-refractivity contribution in [2.75, 3.05) is 6.54 Å². The number of nitrogens with two attached hydrogens (primary N) is 1. The summed E-state index contributed by atoms with van der Waals surface area (Å²) in [6.45, 7) is 1.00. The second-order valence-electron chi connectivity index (χ2n) is 5.76. The van der Waals surface area contributed by atoms with E-state index < -0.39 is 5.91 Å². The third-order valence-electron chi connectivity index (χ3n) is 4.48. The number of oxazole rings is 1. The number of piperidine rings is 1. The number of aromatic nitrogens is 1. The first-order valence-corrected chi connectivity index (χ1v) is 7.11. The highest BCUT2D eigenvalue weighted by Crippen LogP contribution is 2.47. The third-order valence-corrected chi connectivity index (χ3v) is 4.69. The van der Waals surface area contributed by atoms with Crippen LogP contribution in [-0.4, -0.2) is 17.4 Å². The van der Waals surface area contributed by atoms with Crippen molar-refractivity contribution in [2.45, 2.75) is 24.8 Å². The minimum absolute atomic E-state index is 0.176. The molecule has 0 spiro atoms. The summed E-state index contributed by atoms with van der Waals surface area (Å²) in [5.74, 6) is 0.794. The molecule has 1 aliphatic heterocycles. The van der Waals surface area contributed by atoms with Crippen molar-refractivity contribution in [3.8, 4) is 0 Å². The summed E-state index contributed by atoms with van der Waals surface area (Å²) in [5.41, 5.74) is 6.52. The zero-order chi connectivity index (χ0) is 13.9. The van der Waals surface area contributed by atoms with Crippen molar-refractivity contribution in [3.63, 3.8) is 0 Å². The first kappa shape index (κ1) is 12.2. The van der Waals surface area contributed by atoms with Crippen LogP contribution in [0.1, 0.15) is 35.5 Å². The molecule has 104 valence electrons. The van der Waals surface area contributed by atoms with Gasteiger partial charge in [-0.3, -0.25) is 4.79 Å². The molecule has 0 radical (unpaired) electrons. The van der Waals surface area contributed by atoms with Crippen LogP contribution < -0.4 is 11.1 Å². The molecule has 2 aromatic rings. The maximum absolute atomic E-state index is 11.5. The van der Waals surface area contributed by atoms with E-state index in [4.69, 9.17) is 21.8 Å². The molecular formula is C14H14ClN3O2. The van der Waals surface area contributed by atoms with Crippen LogP contribution in [0.2, 0.25) is 5.02 Å². The number of rotatable bonds is 2. The number of hydrogen-bond donors (Lipinski definition) is 2. The fraction of sp³-hybridized carbons (Fsp3) is 0.429. The van der Waals surface area contributed by atoms with Crippen molar-refractivity contribution in [1.29, 1.82) is 0 Å². The van der Waals surface area contributed by atoms with E-state index in [2.05, 4.69) is 10.3 Å². The van der Waals surface area contributed by atoms with Gasteiger partial charge in [0.1, 0.15) is 5.52 Å². The number of primary amides is 1. The van der Waals surface area contributed by atoms with Crippen molar-refractivity contribution in [1.82, 2.24) is 10.3 Å². The van der Waals surface area contributed by atoms with Crippen LogP contribution >= 0.6 is 11.6 Å². The zero-order valence-electron chi connectivity index (χ0n) is 10.8. The van der Waals surface area contributed by atoms with Crippen LogP contribution in [0, 0.1) is 5.92 Å². The van der Waals surface area contributed by atoms with Crippen LogP contribution in [0.25, 0.3) is 11.1 Å². The number of halogens is 1. The Hall–Kier alpha value is -1.59. The van der Waals surface area contributed by atoms with Gasteiger partial charge >= 0.3 is 0 Å². The molecule has 6 heteroatoms. The van der Waals surface area contributed by atoms with E-state index >= 15 is 0 Å². The summed E-state index contributed by atoms with van der Waals surface area (Å²) in [5, 5.41) is 3.94. The SMILES string of the molecule is NC(=O)c1cc(Cl)cc2nc(C34CCC(CN3)C4)oc12. The van der Waals surface area contributed by atoms with Crippen LogP contribution in [0.15, 0.2) is 16.5 Å². The lowest BCUT2D eigenvalue weighted by atomic mass is 9.99. The molecule has 1 saturated carbocycles. The van der Waals surface area contributed by atoms with Gasteiger partial charge in [0.05, 0.1) is 11.1 Å². The molecule has 3 N–H and O–H groups in total. The van der Waals surface area contributed by atoms with Gasteiger partial charge in [0.2, 0.25) is 5.89 Å². The van der Waals surface area contributed by atoms with Gasteiger partial charge in [0, 0.05) is 5.02 Å². The van der Waals surface area contributed by atoms with Crippen LogP contribution in [0.3, 0.4) is 0 Å². The van der Waals surface area contributed by atoms with E-state index in [-0.39, 0.29) is 11.1 Å². The number of carbonyl (C=O) groups is 1. The fourth-order valence-electron chi connectivity index (χ4n) is 3.48. The summed E-state index contributed by atoms with van der Waals surface area (Å²) in [6, 6.07) is 3.23. The summed E-state index contributed by atoms with van der Waals surface area (Å²) >= 11 is 6.01. The molecule has 2 unspecified atom stereocenters. The molecule has 1 aromatic carbocycles. The largest absolute Gasteiger partial charge is 0.438 e. The Labute approximate surface area is 120 Å². The summed E-state index contributed by atoms with van der Waals surface area (Å²) in [4.78, 5) is 16.1. The van der Waals surface area contributed by atoms with Gasteiger partial charge in [0.25, 0.3) is 5.91 Å². The molecule has 5 nitrogen and oxygen atoms in total. The lowest BCUT2D eigenvalue weighted by molar-refractivity contribution is 0.100. The van der Waals surface area contributed by atoms with Gasteiger partial charge in [-0.15, -0.1) is 0 Å². The monoisotopic (exact) mass is 291 g/mol. The molecule has 1 aliphatic carbocycles. The number of hydrogen-bond acceptors (Lipinski definition) is 4. The second kappa shape index (κ2) is 3.96. The average molecular weight is 292 g/mol. The molecule has 20 heavy (non-hydrogen) atoms. The zero-order valence-corrected chi connectivity index (χ0v) is 11.5. The Morgan fingerprint density at radius 2 is 2.40 bits per heavy atom. The molecule has 1 amide bonds. The van der Waals surface area contributed by atoms with E-state index in [1.807, 2.05) is 0 Å². The Morgan fingerprint density at radius 1 is 1.55 bits per heavy atom. The predicted molar refractivity (Wildman–Crippen MR) is 74.6 cm³/mol. The van der Waals surface area contributed by atoms with Gasteiger partial charge in [-0.1, -0.05) is 11.6 Å². The molecule has 2 atom stereocenters. The number of nitrogens with one attached hydrogen (secondary N) is 1. The number of amides is 1. The summed E-state index contributed by atoms with van der Waals surface area (Å²) < 4.78 is 5.89. The standard InChI is InChI=1S/C14H14ClN3O2/c15-8-3-9(12(16)19)11-10(4-8)18-13(20-11)14-2-1-7(5-14)6-17-14/h3-4,7,17H,1-2,5-6H2,(H2,16,19). The van der Waals surface area contributed by atoms with Crippen LogP contribution in [0.4, 0.5) is 0 Å². The highest BCUT2D eigenvalue weighted by molar-refractivity contribution is 6.31. The van der Waals surface area contributed by atoms with Crippen molar-refractivity contribution in [2.24, 2.45) is 11.7 Å². The molecular weight excluding hydrogens is 278 g/mol. The van der Waals surface area contributed by atoms with Crippen LogP contribution in [0.5, 0.6) is 0 Å². The lowest BCUT2D eigenvalue weighted by Crippen LogP contribution is -2.37. The molecule has 1 saturated heterocycles. The van der Waals surface area contributed by atoms with E-state index in [1.54, 1.807) is 6.07 Å². The van der Waals surface area contributed by atoms with Crippen molar-refractivity contribution >= 4 is 28.6 Å². The second-order valence-corrected chi connectivity index (χ2v) is 6.19. The maximum Gasteiger partial charge on any atom is 0.252 e. The maximum atomic E-state index is 11.5. The quantitative estimate of drug-likeness (QED) is 0.888. The first-order chi connectivity index (χ1) is 9.57. The molecule has 2 bridgehead atoms. The van der Waals surface area contributed by atoms with E-state index in [0.717, 1.165) is 19.4 Å². The third kappa shape index (κ3) is 1.60. The number of carbonyl (C=O) groups excluding carboxylic acids is 1. The lowest BCUT2D eigenvalue weighted by Gasteiger charge is -2.23. The minimum Gasteiger partial charge on any atom is -0.438 e. The van der Waals surface area contributed by atoms with Gasteiger partial charge in [-0.2, -0.15) is 0 Å². The van der Waals surface area contributed by atoms with E-state index in [1.165, 1.54) is 12.5 Å². The Bertz CT molecular complexity index is 717. The predicted octanol–water partition coefficient (Wildman–Crippen LogP) is 2.18. The minimum atomic E-state index is -0.554. The molecule has 2 aliphatic rings. The van der Waals surface area contributed by atoms with E-state index in [9.17, 15) is 4.79 Å². The van der Waals surface area contributed by atoms with Crippen LogP contribution in [-0.2, 0) is 5.54 Å². The Balaban J connectivity index is 1.91. The van der Waals surface area contributed by atoms with E-state index in [0.29, 0.717) is 27.9 Å².